The molecule has 56 heavy (non-hydrogen) atoms. The summed E-state index contributed by atoms with van der Waals surface area (Å²) in [4.78, 5) is 131. The second-order valence-corrected chi connectivity index (χ2v) is 13.3. The zero-order valence-electron chi connectivity index (χ0n) is 29.9. The Bertz CT molecular complexity index is 2060. The van der Waals surface area contributed by atoms with E-state index < -0.39 is 76.5 Å². The number of amides is 6. The molecule has 20 nitrogen and oxygen atoms in total. The van der Waals surface area contributed by atoms with Gasteiger partial charge in [0.1, 0.15) is 17.7 Å². The first kappa shape index (κ1) is 40.4. The standard InChI is InChI=1S/C35H34N6O14S/c1-4-39-12-13-40(28(47)27(39)46)35(37-18-43,23-8-6-5-7-9-23)31(51)38-34(36-17-42)32(52)41-26(29(48)49)22(16-56-33(34)41)15-53-30(50)21-10-11-24(54-19(2)44)25(14-21)55-20(3)45/h5-11,14,17-18,33H,4,12-13,15-16H2,1-3H3,(H,36,42)(H,37,43)(H,38,51)(H,48,49)/t33-,34-,35-/m1/s1. The number of likely N-dealkylation sites (N-methyl/N-ethyl adjacent to an activating group) is 1. The van der Waals surface area contributed by atoms with E-state index in [1.54, 1.807) is 13.0 Å². The number of nitrogens with one attached hydrogen (secondary N) is 3. The maximum atomic E-state index is 14.6. The first-order valence-corrected chi connectivity index (χ1v) is 17.7. The van der Waals surface area contributed by atoms with Crippen molar-refractivity contribution in [2.75, 3.05) is 32.0 Å². The Labute approximate surface area is 321 Å². The lowest BCUT2D eigenvalue weighted by atomic mass is 9.90. The molecule has 294 valence electrons. The number of aliphatic carboxylic acids is 1. The number of β-lactam (4-membered cyclic amide) rings is 1. The van der Waals surface area contributed by atoms with Crippen LogP contribution in [0.1, 0.15) is 36.7 Å². The highest BCUT2D eigenvalue weighted by Gasteiger charge is 2.67. The molecule has 0 bridgehead atoms. The lowest BCUT2D eigenvalue weighted by molar-refractivity contribution is -0.171. The average Bonchev–Trinajstić information content (AvgIpc) is 3.16. The van der Waals surface area contributed by atoms with Crippen LogP contribution in [0.3, 0.4) is 0 Å². The summed E-state index contributed by atoms with van der Waals surface area (Å²) in [7, 11) is 0. The highest BCUT2D eigenvalue weighted by molar-refractivity contribution is 8.00. The summed E-state index contributed by atoms with van der Waals surface area (Å²) in [6.45, 7) is 3.12. The molecule has 6 amide bonds. The van der Waals surface area contributed by atoms with Gasteiger partial charge in [0.05, 0.1) is 5.56 Å². The van der Waals surface area contributed by atoms with E-state index in [0.29, 0.717) is 0 Å². The zero-order chi connectivity index (χ0) is 40.9. The Kier molecular flexibility index (Phi) is 11.8. The van der Waals surface area contributed by atoms with Crippen molar-refractivity contribution < 1.29 is 67.3 Å². The number of hydrogen-bond acceptors (Lipinski definition) is 14. The third kappa shape index (κ3) is 7.22. The largest absolute Gasteiger partial charge is 0.477 e. The molecule has 0 unspecified atom stereocenters. The van der Waals surface area contributed by atoms with Gasteiger partial charge in [0.15, 0.2) is 11.5 Å². The van der Waals surface area contributed by atoms with E-state index in [0.717, 1.165) is 41.5 Å². The fourth-order valence-electron chi connectivity index (χ4n) is 6.42. The van der Waals surface area contributed by atoms with Gasteiger partial charge in [-0.05, 0) is 25.1 Å². The molecule has 0 saturated carbocycles. The van der Waals surface area contributed by atoms with Crippen molar-refractivity contribution in [1.29, 1.82) is 0 Å². The number of thioether (sulfide) groups is 1. The quantitative estimate of drug-likeness (QED) is 0.0412. The van der Waals surface area contributed by atoms with Gasteiger partial charge in [-0.15, -0.1) is 11.8 Å². The lowest BCUT2D eigenvalue weighted by Gasteiger charge is -2.57. The zero-order valence-corrected chi connectivity index (χ0v) is 30.7. The molecule has 4 N–H and O–H groups in total. The van der Waals surface area contributed by atoms with Crippen LogP contribution in [-0.4, -0.2) is 123 Å². The van der Waals surface area contributed by atoms with Crippen LogP contribution >= 0.6 is 11.8 Å². The number of carbonyl (C=O) groups is 10. The van der Waals surface area contributed by atoms with Crippen LogP contribution in [0.15, 0.2) is 59.8 Å². The van der Waals surface area contributed by atoms with E-state index >= 15 is 0 Å². The Morgan fingerprint density at radius 3 is 2.23 bits per heavy atom. The molecule has 2 aromatic rings. The molecule has 3 aliphatic heterocycles. The van der Waals surface area contributed by atoms with E-state index in [-0.39, 0.29) is 66.4 Å². The minimum atomic E-state index is -2.44. The van der Waals surface area contributed by atoms with Gasteiger partial charge in [-0.25, -0.2) is 9.59 Å². The third-order valence-electron chi connectivity index (χ3n) is 8.90. The van der Waals surface area contributed by atoms with Crippen LogP contribution < -0.4 is 25.4 Å². The molecule has 2 aromatic carbocycles. The summed E-state index contributed by atoms with van der Waals surface area (Å²) in [6, 6.07) is 10.8. The van der Waals surface area contributed by atoms with E-state index in [4.69, 9.17) is 14.2 Å². The molecule has 3 heterocycles. The molecule has 3 aliphatic rings. The van der Waals surface area contributed by atoms with Gasteiger partial charge >= 0.3 is 35.7 Å². The minimum absolute atomic E-state index is 0.00750. The van der Waals surface area contributed by atoms with Crippen LogP contribution in [-0.2, 0) is 53.6 Å². The third-order valence-corrected chi connectivity index (χ3v) is 10.3. The Morgan fingerprint density at radius 2 is 1.62 bits per heavy atom. The van der Waals surface area contributed by atoms with Crippen LogP contribution in [0.5, 0.6) is 11.5 Å². The number of esters is 3. The molecule has 5 rings (SSSR count). The van der Waals surface area contributed by atoms with Crippen molar-refractivity contribution in [2.45, 2.75) is 37.5 Å². The fraction of sp³-hybridized carbons (Fsp3) is 0.314. The van der Waals surface area contributed by atoms with Crippen LogP contribution in [0.4, 0.5) is 0 Å². The van der Waals surface area contributed by atoms with E-state index in [1.165, 1.54) is 41.3 Å². The maximum absolute atomic E-state index is 14.6. The van der Waals surface area contributed by atoms with E-state index in [2.05, 4.69) is 16.0 Å². The van der Waals surface area contributed by atoms with Gasteiger partial charge in [-0.2, -0.15) is 0 Å². The van der Waals surface area contributed by atoms with Crippen LogP contribution in [0.25, 0.3) is 0 Å². The molecule has 0 spiro atoms. The summed E-state index contributed by atoms with van der Waals surface area (Å²) < 4.78 is 15.4. The number of rotatable bonds is 15. The van der Waals surface area contributed by atoms with Crippen molar-refractivity contribution in [1.82, 2.24) is 30.7 Å². The van der Waals surface area contributed by atoms with Crippen molar-refractivity contribution in [3.63, 3.8) is 0 Å². The van der Waals surface area contributed by atoms with Crippen molar-refractivity contribution in [2.24, 2.45) is 0 Å². The second-order valence-electron chi connectivity index (χ2n) is 12.2. The maximum Gasteiger partial charge on any atom is 0.352 e. The summed E-state index contributed by atoms with van der Waals surface area (Å²) in [5, 5.41) is 16.0. The molecular formula is C35H34N6O14S. The lowest BCUT2D eigenvalue weighted by Crippen LogP contribution is -2.87. The summed E-state index contributed by atoms with van der Waals surface area (Å²) in [5.41, 5.74) is -5.62. The molecule has 0 radical (unpaired) electrons. The molecule has 3 atom stereocenters. The molecule has 0 aliphatic carbocycles. The number of carboxylic acid groups (broad SMARTS) is 1. The minimum Gasteiger partial charge on any atom is -0.477 e. The number of fused-ring (bicyclic) bond motifs is 1. The number of nitrogens with zero attached hydrogens (tertiary/aromatic N) is 3. The number of ether oxygens (including phenoxy) is 3. The summed E-state index contributed by atoms with van der Waals surface area (Å²) >= 11 is 0.878. The highest BCUT2D eigenvalue weighted by atomic mass is 32.2. The molecule has 2 fully saturated rings. The first-order valence-electron chi connectivity index (χ1n) is 16.7. The van der Waals surface area contributed by atoms with Crippen molar-refractivity contribution >= 4 is 72.1 Å². The molecular weight excluding hydrogens is 760 g/mol. The van der Waals surface area contributed by atoms with Gasteiger partial charge < -0.3 is 40.2 Å². The highest BCUT2D eigenvalue weighted by Crippen LogP contribution is 2.46. The van der Waals surface area contributed by atoms with Gasteiger partial charge in [-0.3, -0.25) is 48.2 Å². The molecule has 0 aromatic heterocycles. The fourth-order valence-corrected chi connectivity index (χ4v) is 7.83. The van der Waals surface area contributed by atoms with Crippen molar-refractivity contribution in [3.05, 3.63) is 70.9 Å². The van der Waals surface area contributed by atoms with Gasteiger partial charge in [0.2, 0.25) is 24.1 Å². The van der Waals surface area contributed by atoms with Gasteiger partial charge in [-0.1, -0.05) is 30.3 Å². The van der Waals surface area contributed by atoms with E-state index in [1.807, 2.05) is 0 Å². The Balaban J connectivity index is 1.45. The van der Waals surface area contributed by atoms with Crippen LogP contribution in [0, 0.1) is 0 Å². The molecule has 2 saturated heterocycles. The number of piperazine rings is 1. The molecule has 21 heteroatoms. The normalized spacial score (nSPS) is 20.1. The van der Waals surface area contributed by atoms with Gasteiger partial charge in [0, 0.05) is 50.4 Å². The predicted octanol–water partition coefficient (Wildman–Crippen LogP) is -1.20. The second kappa shape index (κ2) is 16.3. The van der Waals surface area contributed by atoms with Crippen LogP contribution in [0.2, 0.25) is 0 Å². The smallest absolute Gasteiger partial charge is 0.352 e. The van der Waals surface area contributed by atoms with Crippen molar-refractivity contribution in [3.8, 4) is 11.5 Å². The number of carbonyl (C=O) groups excluding carboxylic acids is 9. The summed E-state index contributed by atoms with van der Waals surface area (Å²) in [6.07, 6.45) is 0.227. The monoisotopic (exact) mass is 794 g/mol. The topological polar surface area (TPSA) is 264 Å². The Morgan fingerprint density at radius 1 is 0.946 bits per heavy atom. The SMILES string of the molecule is CCN1CCN([C@@](NC=O)(C(=O)N[C@]2(NC=O)C(=O)N3C(C(=O)O)=C(COC(=O)c4ccc(OC(C)=O)c(OC(C)=O)c4)CS[C@@H]32)c2ccccc2)C(=O)C1=O. The Hall–Kier alpha value is -6.77. The van der Waals surface area contributed by atoms with E-state index in [9.17, 15) is 53.1 Å². The number of benzene rings is 2. The number of hydrogen-bond donors (Lipinski definition) is 4. The van der Waals surface area contributed by atoms with Gasteiger partial charge in [0.25, 0.3) is 11.8 Å². The average molecular weight is 795 g/mol. The first-order chi connectivity index (χ1) is 26.7. The predicted molar refractivity (Wildman–Crippen MR) is 188 cm³/mol. The number of carboxylic acids is 1. The summed E-state index contributed by atoms with van der Waals surface area (Å²) in [5.74, 6) is -9.25.